The van der Waals surface area contributed by atoms with Gasteiger partial charge in [-0.25, -0.2) is 12.7 Å². The molecule has 0 amide bonds. The van der Waals surface area contributed by atoms with Crippen LogP contribution in [0.25, 0.3) is 0 Å². The maximum atomic E-state index is 12.2. The van der Waals surface area contributed by atoms with E-state index in [1.807, 2.05) is 6.92 Å². The van der Waals surface area contributed by atoms with E-state index in [1.54, 1.807) is 11.4 Å². The topological polar surface area (TPSA) is 49.4 Å². The number of nitrogens with zero attached hydrogens (tertiary/aromatic N) is 1. The molecule has 0 radical (unpaired) electrons. The number of hydrogen-bond donors (Lipinski definition) is 1. The molecule has 1 saturated heterocycles. The molecule has 4 nitrogen and oxygen atoms in total. The highest BCUT2D eigenvalue weighted by molar-refractivity contribution is 7.89. The van der Waals surface area contributed by atoms with Crippen molar-refractivity contribution in [3.63, 3.8) is 0 Å². The third kappa shape index (κ3) is 4.56. The van der Waals surface area contributed by atoms with Crippen LogP contribution in [-0.4, -0.2) is 44.7 Å². The van der Waals surface area contributed by atoms with Gasteiger partial charge in [0.15, 0.2) is 0 Å². The molecule has 0 aliphatic carbocycles. The summed E-state index contributed by atoms with van der Waals surface area (Å²) in [6.07, 6.45) is 4.07. The smallest absolute Gasteiger partial charge is 0.214 e. The fourth-order valence-electron chi connectivity index (χ4n) is 2.36. The van der Waals surface area contributed by atoms with Crippen molar-refractivity contribution in [3.05, 3.63) is 0 Å². The van der Waals surface area contributed by atoms with Crippen molar-refractivity contribution in [2.45, 2.75) is 45.6 Å². The summed E-state index contributed by atoms with van der Waals surface area (Å²) in [5.41, 5.74) is 0. The van der Waals surface area contributed by atoms with Crippen LogP contribution in [0, 0.1) is 5.92 Å². The minimum absolute atomic E-state index is 0.113. The van der Waals surface area contributed by atoms with Crippen LogP contribution in [0.15, 0.2) is 0 Å². The molecule has 0 saturated carbocycles. The molecule has 0 aromatic heterocycles. The Kier molecular flexibility index (Phi) is 5.89. The first kappa shape index (κ1) is 14.9. The van der Waals surface area contributed by atoms with Crippen molar-refractivity contribution in [2.24, 2.45) is 5.92 Å². The first-order chi connectivity index (χ1) is 7.97. The van der Waals surface area contributed by atoms with Gasteiger partial charge in [-0.2, -0.15) is 0 Å². The van der Waals surface area contributed by atoms with Gasteiger partial charge in [-0.3, -0.25) is 0 Å². The van der Waals surface area contributed by atoms with Gasteiger partial charge < -0.3 is 5.32 Å². The summed E-state index contributed by atoms with van der Waals surface area (Å²) in [6.45, 7) is 5.94. The predicted molar refractivity (Wildman–Crippen MR) is 71.5 cm³/mol. The Labute approximate surface area is 106 Å². The second-order valence-corrected chi connectivity index (χ2v) is 7.22. The summed E-state index contributed by atoms with van der Waals surface area (Å²) in [4.78, 5) is 0. The zero-order chi connectivity index (χ0) is 12.9. The van der Waals surface area contributed by atoms with Crippen molar-refractivity contribution in [1.82, 2.24) is 9.62 Å². The van der Waals surface area contributed by atoms with Crippen LogP contribution in [0.3, 0.4) is 0 Å². The Balaban J connectivity index is 2.54. The average Bonchev–Trinajstić information content (AvgIpc) is 2.29. The lowest BCUT2D eigenvalue weighted by molar-refractivity contribution is 0.353. The van der Waals surface area contributed by atoms with E-state index in [1.165, 1.54) is 0 Å². The van der Waals surface area contributed by atoms with Gasteiger partial charge in [0.25, 0.3) is 0 Å². The van der Waals surface area contributed by atoms with E-state index >= 15 is 0 Å². The van der Waals surface area contributed by atoms with Gasteiger partial charge >= 0.3 is 0 Å². The lowest BCUT2D eigenvalue weighted by atomic mass is 10.0. The lowest BCUT2D eigenvalue weighted by Crippen LogP contribution is -2.41. The minimum Gasteiger partial charge on any atom is -0.316 e. The Morgan fingerprint density at radius 2 is 2.18 bits per heavy atom. The molecule has 102 valence electrons. The molecule has 0 bridgehead atoms. The summed E-state index contributed by atoms with van der Waals surface area (Å²) in [6, 6.07) is 0.113. The van der Waals surface area contributed by atoms with E-state index in [2.05, 4.69) is 12.2 Å². The van der Waals surface area contributed by atoms with Gasteiger partial charge in [0.1, 0.15) is 0 Å². The van der Waals surface area contributed by atoms with Crippen molar-refractivity contribution < 1.29 is 8.42 Å². The summed E-state index contributed by atoms with van der Waals surface area (Å²) in [5, 5.41) is 3.27. The quantitative estimate of drug-likeness (QED) is 0.788. The maximum absolute atomic E-state index is 12.2. The Hall–Kier alpha value is -0.130. The van der Waals surface area contributed by atoms with Crippen molar-refractivity contribution in [1.29, 1.82) is 0 Å². The van der Waals surface area contributed by atoms with E-state index in [9.17, 15) is 8.42 Å². The summed E-state index contributed by atoms with van der Waals surface area (Å²) in [7, 11) is -1.37. The van der Waals surface area contributed by atoms with Crippen molar-refractivity contribution in [3.8, 4) is 0 Å². The normalized spacial score (nSPS) is 23.9. The zero-order valence-electron chi connectivity index (χ0n) is 11.3. The number of rotatable bonds is 6. The summed E-state index contributed by atoms with van der Waals surface area (Å²) in [5.74, 6) is 0.579. The molecule has 0 aromatic rings. The summed E-state index contributed by atoms with van der Waals surface area (Å²) >= 11 is 0. The van der Waals surface area contributed by atoms with Crippen LogP contribution in [0.1, 0.15) is 39.5 Å². The number of hydrogen-bond acceptors (Lipinski definition) is 3. The molecule has 1 rings (SSSR count). The third-order valence-electron chi connectivity index (χ3n) is 3.61. The molecule has 1 N–H and O–H groups in total. The van der Waals surface area contributed by atoms with E-state index in [0.717, 1.165) is 38.8 Å². The van der Waals surface area contributed by atoms with Crippen LogP contribution >= 0.6 is 0 Å². The highest BCUT2D eigenvalue weighted by Crippen LogP contribution is 2.17. The Morgan fingerprint density at radius 3 is 2.71 bits per heavy atom. The Bertz CT molecular complexity index is 310. The van der Waals surface area contributed by atoms with E-state index in [4.69, 9.17) is 0 Å². The zero-order valence-corrected chi connectivity index (χ0v) is 12.1. The number of sulfonamides is 1. The number of piperidine rings is 1. The van der Waals surface area contributed by atoms with Gasteiger partial charge in [0, 0.05) is 13.1 Å². The van der Waals surface area contributed by atoms with Crippen LogP contribution in [0.2, 0.25) is 0 Å². The van der Waals surface area contributed by atoms with E-state index < -0.39 is 10.0 Å². The van der Waals surface area contributed by atoms with Gasteiger partial charge in [-0.15, -0.1) is 0 Å². The number of nitrogens with one attached hydrogen (secondary N) is 1. The van der Waals surface area contributed by atoms with Crippen LogP contribution in [0.4, 0.5) is 0 Å². The minimum atomic E-state index is -3.09. The molecule has 0 aromatic carbocycles. The van der Waals surface area contributed by atoms with Gasteiger partial charge in [-0.05, 0) is 45.2 Å². The largest absolute Gasteiger partial charge is 0.316 e. The SMILES string of the molecule is CCCC(C)N(C)S(=O)(=O)CC1CCCNC1. The fourth-order valence-corrected chi connectivity index (χ4v) is 4.12. The lowest BCUT2D eigenvalue weighted by Gasteiger charge is -2.28. The monoisotopic (exact) mass is 262 g/mol. The molecule has 1 heterocycles. The standard InChI is InChI=1S/C12H26N2O2S/c1-4-6-11(2)14(3)17(15,16)10-12-7-5-8-13-9-12/h11-13H,4-10H2,1-3H3. The first-order valence-electron chi connectivity index (χ1n) is 6.63. The predicted octanol–water partition coefficient (Wildman–Crippen LogP) is 1.44. The van der Waals surface area contributed by atoms with Crippen molar-refractivity contribution >= 4 is 10.0 Å². The average molecular weight is 262 g/mol. The van der Waals surface area contributed by atoms with Crippen LogP contribution < -0.4 is 5.32 Å². The van der Waals surface area contributed by atoms with Gasteiger partial charge in [0.05, 0.1) is 5.75 Å². The molecular weight excluding hydrogens is 236 g/mol. The van der Waals surface area contributed by atoms with E-state index in [0.29, 0.717) is 5.75 Å². The third-order valence-corrected chi connectivity index (χ3v) is 5.74. The molecule has 5 heteroatoms. The summed E-state index contributed by atoms with van der Waals surface area (Å²) < 4.78 is 26.0. The molecule has 2 unspecified atom stereocenters. The molecular formula is C12H26N2O2S. The van der Waals surface area contributed by atoms with Crippen LogP contribution in [-0.2, 0) is 10.0 Å². The van der Waals surface area contributed by atoms with Gasteiger partial charge in [-0.1, -0.05) is 13.3 Å². The van der Waals surface area contributed by atoms with Crippen molar-refractivity contribution in [2.75, 3.05) is 25.9 Å². The molecule has 17 heavy (non-hydrogen) atoms. The fraction of sp³-hybridized carbons (Fsp3) is 1.00. The Morgan fingerprint density at radius 1 is 1.47 bits per heavy atom. The first-order valence-corrected chi connectivity index (χ1v) is 8.24. The molecule has 1 aliphatic rings. The van der Waals surface area contributed by atoms with E-state index in [-0.39, 0.29) is 12.0 Å². The molecule has 1 aliphatic heterocycles. The highest BCUT2D eigenvalue weighted by atomic mass is 32.2. The van der Waals surface area contributed by atoms with Gasteiger partial charge in [0.2, 0.25) is 10.0 Å². The second kappa shape index (κ2) is 6.71. The molecule has 2 atom stereocenters. The second-order valence-electron chi connectivity index (χ2n) is 5.14. The highest BCUT2D eigenvalue weighted by Gasteiger charge is 2.27. The maximum Gasteiger partial charge on any atom is 0.214 e. The molecule has 0 spiro atoms. The van der Waals surface area contributed by atoms with Crippen LogP contribution in [0.5, 0.6) is 0 Å². The molecule has 1 fully saturated rings.